The summed E-state index contributed by atoms with van der Waals surface area (Å²) in [4.78, 5) is 11.3. The Kier molecular flexibility index (Phi) is 6.60. The summed E-state index contributed by atoms with van der Waals surface area (Å²) in [6.45, 7) is 5.76. The van der Waals surface area contributed by atoms with Gasteiger partial charge in [0, 0.05) is 48.8 Å². The van der Waals surface area contributed by atoms with Crippen LogP contribution in [0.2, 0.25) is 0 Å². The zero-order valence-electron chi connectivity index (χ0n) is 24.9. The van der Waals surface area contributed by atoms with Gasteiger partial charge in [-0.05, 0) is 93.0 Å². The van der Waals surface area contributed by atoms with Crippen molar-refractivity contribution in [1.29, 1.82) is 0 Å². The zero-order valence-corrected chi connectivity index (χ0v) is 25.7. The summed E-state index contributed by atoms with van der Waals surface area (Å²) < 4.78 is 24.9. The molecule has 4 saturated carbocycles. The summed E-state index contributed by atoms with van der Waals surface area (Å²) in [6, 6.07) is 0. The summed E-state index contributed by atoms with van der Waals surface area (Å²) >= 11 is 1.70. The first-order valence-electron chi connectivity index (χ1n) is 16.3. The predicted molar refractivity (Wildman–Crippen MR) is 154 cm³/mol. The van der Waals surface area contributed by atoms with Gasteiger partial charge in [0.05, 0.1) is 18.3 Å². The maximum atomic E-state index is 12.2. The van der Waals surface area contributed by atoms with Crippen LogP contribution in [-0.4, -0.2) is 88.7 Å². The second-order valence-electron chi connectivity index (χ2n) is 15.1. The summed E-state index contributed by atoms with van der Waals surface area (Å²) in [5.41, 5.74) is 0.362. The Morgan fingerprint density at radius 1 is 1.05 bits per heavy atom. The molecule has 1 unspecified atom stereocenters. The Labute approximate surface area is 252 Å². The molecule has 4 aliphatic carbocycles. The molecular formula is C32H47NO8S. The fourth-order valence-electron chi connectivity index (χ4n) is 12.0. The molecule has 4 aliphatic heterocycles. The quantitative estimate of drug-likeness (QED) is 0.282. The first-order valence-corrected chi connectivity index (χ1v) is 17.3. The smallest absolute Gasteiger partial charge is 0.331 e. The molecule has 42 heavy (non-hydrogen) atoms. The average Bonchev–Trinajstić information content (AvgIpc) is 3.69. The van der Waals surface area contributed by atoms with Crippen LogP contribution in [0.3, 0.4) is 0 Å². The molecule has 0 aromatic rings. The number of carbonyl (C=O) groups is 1. The highest BCUT2D eigenvalue weighted by Gasteiger charge is 2.72. The number of cyclic esters (lactones) is 1. The number of aliphatic hydroxyl groups excluding tert-OH is 2. The van der Waals surface area contributed by atoms with Crippen molar-refractivity contribution in [2.24, 2.45) is 39.9 Å². The molecule has 0 bridgehead atoms. The fraction of sp³-hybridized carbons (Fsp3) is 0.906. The van der Waals surface area contributed by atoms with E-state index in [2.05, 4.69) is 12.2 Å². The van der Waals surface area contributed by atoms with E-state index in [1.807, 2.05) is 6.92 Å². The zero-order chi connectivity index (χ0) is 29.1. The number of carbonyl (C=O) groups excluding carboxylic acids is 1. The van der Waals surface area contributed by atoms with E-state index in [1.54, 1.807) is 17.8 Å². The largest absolute Gasteiger partial charge is 0.458 e. The summed E-state index contributed by atoms with van der Waals surface area (Å²) in [6.07, 6.45) is 8.14. The molecule has 7 fully saturated rings. The maximum absolute atomic E-state index is 12.2. The van der Waals surface area contributed by atoms with Crippen LogP contribution in [0.4, 0.5) is 0 Å². The van der Waals surface area contributed by atoms with Gasteiger partial charge in [-0.15, -0.1) is 11.8 Å². The standard InChI is InChI=1S/C32H47NO8S/c1-18-13-31(33-9-10-42-31)32(37)27(39-18)40-24-12-20-3-4-23-22(29(20,16-34)14-25(24)41-32)5-7-28(2)21(6-8-30(23,28)17-35)19-11-26(36)38-15-19/h11,18,20-25,27,33-35,37H,3-10,12-17H2,1-2H3/t18-,20+,21-,22+,23-,24-,25-,27+,28-,29-,30+,31+,32?/m1/s1. The normalized spacial score (nSPS) is 56.6. The minimum Gasteiger partial charge on any atom is -0.458 e. The van der Waals surface area contributed by atoms with E-state index >= 15 is 0 Å². The van der Waals surface area contributed by atoms with Crippen LogP contribution in [0.15, 0.2) is 11.6 Å². The number of hydrogen-bond acceptors (Lipinski definition) is 10. The molecule has 0 amide bonds. The van der Waals surface area contributed by atoms with Crippen LogP contribution >= 0.6 is 11.8 Å². The molecule has 3 saturated heterocycles. The third-order valence-electron chi connectivity index (χ3n) is 13.9. The topological polar surface area (TPSA) is 127 Å². The highest BCUT2D eigenvalue weighted by Crippen LogP contribution is 2.74. The van der Waals surface area contributed by atoms with Gasteiger partial charge in [-0.2, -0.15) is 0 Å². The first kappa shape index (κ1) is 28.7. The molecule has 0 aromatic carbocycles. The van der Waals surface area contributed by atoms with Crippen molar-refractivity contribution in [3.8, 4) is 0 Å². The predicted octanol–water partition coefficient (Wildman–Crippen LogP) is 2.71. The van der Waals surface area contributed by atoms with Crippen molar-refractivity contribution >= 4 is 17.7 Å². The third-order valence-corrected chi connectivity index (χ3v) is 15.4. The van der Waals surface area contributed by atoms with Gasteiger partial charge in [0.1, 0.15) is 11.5 Å². The number of nitrogens with one attached hydrogen (secondary N) is 1. The lowest BCUT2D eigenvalue weighted by Gasteiger charge is -2.67. The molecule has 0 radical (unpaired) electrons. The van der Waals surface area contributed by atoms with Crippen LogP contribution in [0.25, 0.3) is 0 Å². The van der Waals surface area contributed by atoms with Gasteiger partial charge in [0.2, 0.25) is 12.1 Å². The number of fused-ring (bicyclic) bond motifs is 8. The van der Waals surface area contributed by atoms with Crippen LogP contribution in [0.1, 0.15) is 71.6 Å². The summed E-state index contributed by atoms with van der Waals surface area (Å²) in [5.74, 6) is 0.0959. The fourth-order valence-corrected chi connectivity index (χ4v) is 13.4. The Morgan fingerprint density at radius 2 is 1.90 bits per heavy atom. The first-order chi connectivity index (χ1) is 20.1. The minimum absolute atomic E-state index is 0.0600. The van der Waals surface area contributed by atoms with E-state index < -0.39 is 16.9 Å². The summed E-state index contributed by atoms with van der Waals surface area (Å²) in [7, 11) is 0. The number of esters is 1. The van der Waals surface area contributed by atoms with Crippen molar-refractivity contribution in [3.05, 3.63) is 11.6 Å². The van der Waals surface area contributed by atoms with E-state index in [0.717, 1.165) is 62.8 Å². The molecule has 4 heterocycles. The highest BCUT2D eigenvalue weighted by atomic mass is 32.2. The lowest BCUT2D eigenvalue weighted by Crippen LogP contribution is -2.76. The number of rotatable bonds is 3. The van der Waals surface area contributed by atoms with E-state index in [9.17, 15) is 20.1 Å². The Morgan fingerprint density at radius 3 is 2.62 bits per heavy atom. The van der Waals surface area contributed by atoms with Gasteiger partial charge in [-0.25, -0.2) is 4.79 Å². The molecule has 4 N–H and O–H groups in total. The lowest BCUT2D eigenvalue weighted by atomic mass is 9.39. The SMILES string of the molecule is C[C@@H]1C[C@@]2(NCCS2)C2(O)O[C@@H]3C[C@@]4(CO)[C@@H](CC[C@@H]5[C@@H]4CC[C@]4(C)[C@@H](C6=CC(=O)OC6)CC[C@]54CO)C[C@H]3O[C@@H]2O1. The number of aliphatic hydroxyl groups is 3. The maximum Gasteiger partial charge on any atom is 0.331 e. The van der Waals surface area contributed by atoms with Gasteiger partial charge in [-0.3, -0.25) is 5.32 Å². The number of ether oxygens (including phenoxy) is 4. The van der Waals surface area contributed by atoms with E-state index in [4.69, 9.17) is 18.9 Å². The van der Waals surface area contributed by atoms with Crippen molar-refractivity contribution in [2.75, 3.05) is 32.1 Å². The number of hydrogen-bond donors (Lipinski definition) is 4. The van der Waals surface area contributed by atoms with Crippen LogP contribution in [0.5, 0.6) is 0 Å². The molecular weight excluding hydrogens is 558 g/mol. The van der Waals surface area contributed by atoms with Crippen LogP contribution in [0, 0.1) is 39.9 Å². The molecule has 8 rings (SSSR count). The average molecular weight is 606 g/mol. The molecule has 10 heteroatoms. The van der Waals surface area contributed by atoms with Crippen molar-refractivity contribution in [3.63, 3.8) is 0 Å². The van der Waals surface area contributed by atoms with Gasteiger partial charge >= 0.3 is 5.97 Å². The van der Waals surface area contributed by atoms with Crippen molar-refractivity contribution in [1.82, 2.24) is 5.32 Å². The Balaban J connectivity index is 1.11. The van der Waals surface area contributed by atoms with Gasteiger partial charge in [0.15, 0.2) is 0 Å². The summed E-state index contributed by atoms with van der Waals surface area (Å²) in [5, 5.41) is 38.3. The highest BCUT2D eigenvalue weighted by molar-refractivity contribution is 8.01. The monoisotopic (exact) mass is 605 g/mol. The molecule has 0 aromatic heterocycles. The van der Waals surface area contributed by atoms with Gasteiger partial charge in [-0.1, -0.05) is 6.92 Å². The molecule has 9 nitrogen and oxygen atoms in total. The molecule has 8 aliphatic rings. The van der Waals surface area contributed by atoms with E-state index in [1.165, 1.54) is 0 Å². The van der Waals surface area contributed by atoms with Crippen LogP contribution in [-0.2, 0) is 23.7 Å². The van der Waals surface area contributed by atoms with Gasteiger partial charge in [0.25, 0.3) is 0 Å². The third kappa shape index (κ3) is 3.55. The van der Waals surface area contributed by atoms with Gasteiger partial charge < -0.3 is 34.3 Å². The number of thioether (sulfide) groups is 1. The molecule has 1 spiro atoms. The molecule has 13 atom stereocenters. The van der Waals surface area contributed by atoms with E-state index in [-0.39, 0.29) is 77.4 Å². The van der Waals surface area contributed by atoms with Crippen molar-refractivity contribution in [2.45, 2.75) is 107 Å². The van der Waals surface area contributed by atoms with Crippen LogP contribution < -0.4 is 5.32 Å². The second kappa shape index (κ2) is 9.64. The second-order valence-corrected chi connectivity index (χ2v) is 16.5. The Bertz CT molecular complexity index is 1160. The lowest BCUT2D eigenvalue weighted by molar-refractivity contribution is -0.449. The molecule has 234 valence electrons. The van der Waals surface area contributed by atoms with E-state index in [0.29, 0.717) is 19.4 Å². The minimum atomic E-state index is -1.61. The van der Waals surface area contributed by atoms with Crippen molar-refractivity contribution < 1.29 is 39.1 Å². The Hall–Kier alpha value is -0.720.